The van der Waals surface area contributed by atoms with Crippen LogP contribution in [0.25, 0.3) is 10.9 Å². The average Bonchev–Trinajstić information content (AvgIpc) is 2.72. The van der Waals surface area contributed by atoms with Gasteiger partial charge in [-0.2, -0.15) is 5.26 Å². The van der Waals surface area contributed by atoms with Crippen LogP contribution in [-0.4, -0.2) is 30.6 Å². The molecule has 0 radical (unpaired) electrons. The van der Waals surface area contributed by atoms with Crippen molar-refractivity contribution in [2.24, 2.45) is 0 Å². The summed E-state index contributed by atoms with van der Waals surface area (Å²) in [6.07, 6.45) is 2.26. The fraction of sp³-hybridized carbons (Fsp3) is 0.190. The summed E-state index contributed by atoms with van der Waals surface area (Å²) in [5.74, 6) is 0.661. The smallest absolute Gasteiger partial charge is 0.265 e. The molecule has 0 saturated heterocycles. The average molecular weight is 393 g/mol. The fourth-order valence-electron chi connectivity index (χ4n) is 3.29. The second-order valence-electron chi connectivity index (χ2n) is 6.40. The summed E-state index contributed by atoms with van der Waals surface area (Å²) in [6, 6.07) is 15.1. The monoisotopic (exact) mass is 392 g/mol. The van der Waals surface area contributed by atoms with Crippen molar-refractivity contribution < 1.29 is 9.53 Å². The first-order valence-electron chi connectivity index (χ1n) is 8.92. The molecule has 7 heteroatoms. The van der Waals surface area contributed by atoms with Gasteiger partial charge in [0.25, 0.3) is 5.91 Å². The van der Waals surface area contributed by atoms with Crippen LogP contribution in [0.4, 0.5) is 11.4 Å². The van der Waals surface area contributed by atoms with Crippen LogP contribution in [0.15, 0.2) is 48.7 Å². The maximum atomic E-state index is 12.2. The maximum absolute atomic E-state index is 12.2. The molecular formula is C21H17ClN4O2. The highest BCUT2D eigenvalue weighted by atomic mass is 35.5. The van der Waals surface area contributed by atoms with Gasteiger partial charge in [0, 0.05) is 29.7 Å². The van der Waals surface area contributed by atoms with E-state index in [0.717, 1.165) is 22.3 Å². The standard InChI is InChI=1S/C21H17ClN4O2/c22-15-6-7-17-16(10-15)21(14(11-23)12-25-17)24-8-3-9-26-18-4-1-2-5-19(18)28-13-20(26)27/h1-2,4-7,10,12H,3,8-9,13H2,(H,24,25). The van der Waals surface area contributed by atoms with Crippen LogP contribution < -0.4 is 15.0 Å². The third kappa shape index (κ3) is 3.45. The zero-order valence-corrected chi connectivity index (χ0v) is 15.7. The molecule has 1 amide bonds. The number of nitrogens with one attached hydrogen (secondary N) is 1. The Morgan fingerprint density at radius 3 is 3.00 bits per heavy atom. The van der Waals surface area contributed by atoms with Gasteiger partial charge in [0.2, 0.25) is 0 Å². The third-order valence-electron chi connectivity index (χ3n) is 4.62. The van der Waals surface area contributed by atoms with Crippen LogP contribution in [0.1, 0.15) is 12.0 Å². The van der Waals surface area contributed by atoms with Crippen molar-refractivity contribution in [1.82, 2.24) is 4.98 Å². The predicted molar refractivity (Wildman–Crippen MR) is 109 cm³/mol. The summed E-state index contributed by atoms with van der Waals surface area (Å²) >= 11 is 6.12. The van der Waals surface area contributed by atoms with Gasteiger partial charge >= 0.3 is 0 Å². The molecule has 1 aliphatic rings. The molecule has 2 heterocycles. The van der Waals surface area contributed by atoms with E-state index in [4.69, 9.17) is 16.3 Å². The number of carbonyl (C=O) groups is 1. The second-order valence-corrected chi connectivity index (χ2v) is 6.84. The van der Waals surface area contributed by atoms with E-state index in [1.54, 1.807) is 23.2 Å². The van der Waals surface area contributed by atoms with Crippen LogP contribution in [0.2, 0.25) is 5.02 Å². The molecule has 4 rings (SSSR count). The molecule has 28 heavy (non-hydrogen) atoms. The van der Waals surface area contributed by atoms with E-state index in [0.29, 0.717) is 35.8 Å². The van der Waals surface area contributed by atoms with E-state index >= 15 is 0 Å². The van der Waals surface area contributed by atoms with Crippen molar-refractivity contribution in [2.45, 2.75) is 6.42 Å². The Morgan fingerprint density at radius 2 is 2.14 bits per heavy atom. The van der Waals surface area contributed by atoms with Crippen LogP contribution in [0, 0.1) is 11.3 Å². The molecule has 1 aliphatic heterocycles. The van der Waals surface area contributed by atoms with E-state index < -0.39 is 0 Å². The summed E-state index contributed by atoms with van der Waals surface area (Å²) in [7, 11) is 0. The highest BCUT2D eigenvalue weighted by Gasteiger charge is 2.24. The number of hydrogen-bond donors (Lipinski definition) is 1. The van der Waals surface area contributed by atoms with Gasteiger partial charge in [-0.05, 0) is 36.8 Å². The Labute approximate surface area is 167 Å². The third-order valence-corrected chi connectivity index (χ3v) is 4.85. The second kappa shape index (κ2) is 7.75. The van der Waals surface area contributed by atoms with Crippen LogP contribution in [0.5, 0.6) is 5.75 Å². The first-order chi connectivity index (χ1) is 13.7. The first kappa shape index (κ1) is 18.1. The molecule has 0 aliphatic carbocycles. The zero-order chi connectivity index (χ0) is 19.5. The minimum atomic E-state index is -0.0578. The van der Waals surface area contributed by atoms with Crippen molar-refractivity contribution in [2.75, 3.05) is 29.9 Å². The summed E-state index contributed by atoms with van der Waals surface area (Å²) < 4.78 is 5.47. The highest BCUT2D eigenvalue weighted by molar-refractivity contribution is 6.31. The van der Waals surface area contributed by atoms with E-state index in [9.17, 15) is 10.1 Å². The molecule has 0 bridgehead atoms. The van der Waals surface area contributed by atoms with Gasteiger partial charge in [0.05, 0.1) is 22.5 Å². The first-order valence-corrected chi connectivity index (χ1v) is 9.29. The van der Waals surface area contributed by atoms with Crippen LogP contribution in [0.3, 0.4) is 0 Å². The molecule has 0 fully saturated rings. The summed E-state index contributed by atoms with van der Waals surface area (Å²) in [5, 5.41) is 14.1. The Bertz CT molecular complexity index is 1090. The quantitative estimate of drug-likeness (QED) is 0.664. The van der Waals surface area contributed by atoms with Gasteiger partial charge in [0.1, 0.15) is 11.8 Å². The molecule has 0 saturated carbocycles. The number of para-hydroxylation sites is 2. The number of fused-ring (bicyclic) bond motifs is 2. The molecule has 0 unspecified atom stereocenters. The van der Waals surface area contributed by atoms with Gasteiger partial charge in [0.15, 0.2) is 6.61 Å². The SMILES string of the molecule is N#Cc1cnc2ccc(Cl)cc2c1NCCCN1C(=O)COc2ccccc21. The number of pyridine rings is 1. The molecular weight excluding hydrogens is 376 g/mol. The normalized spacial score (nSPS) is 13.0. The molecule has 0 atom stereocenters. The Kier molecular flexibility index (Phi) is 5.00. The fourth-order valence-corrected chi connectivity index (χ4v) is 3.46. The Morgan fingerprint density at radius 1 is 1.29 bits per heavy atom. The number of halogens is 1. The Balaban J connectivity index is 1.49. The van der Waals surface area contributed by atoms with Gasteiger partial charge in [-0.1, -0.05) is 23.7 Å². The predicted octanol–water partition coefficient (Wildman–Crippen LogP) is 3.99. The summed E-state index contributed by atoms with van der Waals surface area (Å²) in [6.45, 7) is 1.20. The van der Waals surface area contributed by atoms with E-state index in [1.165, 1.54) is 0 Å². The molecule has 0 spiro atoms. The number of rotatable bonds is 5. The highest BCUT2D eigenvalue weighted by Crippen LogP contribution is 2.32. The molecule has 2 aromatic carbocycles. The molecule has 1 aromatic heterocycles. The largest absolute Gasteiger partial charge is 0.482 e. The van der Waals surface area contributed by atoms with Crippen molar-refractivity contribution in [3.63, 3.8) is 0 Å². The molecule has 6 nitrogen and oxygen atoms in total. The lowest BCUT2D eigenvalue weighted by Crippen LogP contribution is -2.39. The van der Waals surface area contributed by atoms with Crippen molar-refractivity contribution in [3.05, 3.63) is 59.2 Å². The number of nitrogens with zero attached hydrogens (tertiary/aromatic N) is 3. The number of amides is 1. The van der Waals surface area contributed by atoms with Gasteiger partial charge in [-0.25, -0.2) is 0 Å². The molecule has 140 valence electrons. The van der Waals surface area contributed by atoms with Gasteiger partial charge < -0.3 is 15.0 Å². The number of anilines is 2. The van der Waals surface area contributed by atoms with Gasteiger partial charge in [-0.3, -0.25) is 9.78 Å². The number of ether oxygens (including phenoxy) is 1. The number of hydrogen-bond acceptors (Lipinski definition) is 5. The van der Waals surface area contributed by atoms with E-state index in [-0.39, 0.29) is 12.5 Å². The van der Waals surface area contributed by atoms with E-state index in [2.05, 4.69) is 16.4 Å². The van der Waals surface area contributed by atoms with Crippen LogP contribution in [-0.2, 0) is 4.79 Å². The lowest BCUT2D eigenvalue weighted by Gasteiger charge is -2.29. The minimum absolute atomic E-state index is 0.0521. The molecule has 1 N–H and O–H groups in total. The number of nitriles is 1. The number of benzene rings is 2. The molecule has 3 aromatic rings. The number of carbonyl (C=O) groups excluding carboxylic acids is 1. The van der Waals surface area contributed by atoms with Crippen molar-refractivity contribution in [3.8, 4) is 11.8 Å². The topological polar surface area (TPSA) is 78.3 Å². The zero-order valence-electron chi connectivity index (χ0n) is 15.0. The van der Waals surface area contributed by atoms with Gasteiger partial charge in [-0.15, -0.1) is 0 Å². The lowest BCUT2D eigenvalue weighted by molar-refractivity contribution is -0.121. The summed E-state index contributed by atoms with van der Waals surface area (Å²) in [4.78, 5) is 18.3. The maximum Gasteiger partial charge on any atom is 0.265 e. The van der Waals surface area contributed by atoms with Crippen molar-refractivity contribution >= 4 is 39.8 Å². The Hall–Kier alpha value is -3.30. The van der Waals surface area contributed by atoms with E-state index in [1.807, 2.05) is 30.3 Å². The van der Waals surface area contributed by atoms with Crippen LogP contribution >= 0.6 is 11.6 Å². The lowest BCUT2D eigenvalue weighted by atomic mass is 10.1. The number of aromatic nitrogens is 1. The van der Waals surface area contributed by atoms with Crippen molar-refractivity contribution in [1.29, 1.82) is 5.26 Å². The summed E-state index contributed by atoms with van der Waals surface area (Å²) in [5.41, 5.74) is 2.73. The minimum Gasteiger partial charge on any atom is -0.482 e.